The van der Waals surface area contributed by atoms with Crippen molar-refractivity contribution in [1.82, 2.24) is 0 Å². The molecule has 0 aromatic heterocycles. The van der Waals surface area contributed by atoms with Gasteiger partial charge in [0.25, 0.3) is 0 Å². The van der Waals surface area contributed by atoms with E-state index in [4.69, 9.17) is 32.7 Å². The van der Waals surface area contributed by atoms with Gasteiger partial charge in [-0.2, -0.15) is 0 Å². The molecule has 2 aromatic carbocycles. The number of carbonyl (C=O) groups excluding carboxylic acids is 1. The third kappa shape index (κ3) is 6.33. The zero-order chi connectivity index (χ0) is 18.4. The predicted octanol–water partition coefficient (Wildman–Crippen LogP) is 0.818. The molecule has 6 nitrogen and oxygen atoms in total. The first-order chi connectivity index (χ1) is 11.8. The summed E-state index contributed by atoms with van der Waals surface area (Å²) in [6.07, 6.45) is 0. The zero-order valence-electron chi connectivity index (χ0n) is 14.1. The Hall–Kier alpha value is -0.963. The van der Waals surface area contributed by atoms with Crippen LogP contribution in [0, 0.1) is 0 Å². The molecule has 0 N–H and O–H groups in total. The van der Waals surface area contributed by atoms with Crippen LogP contribution in [0.5, 0.6) is 5.75 Å². The Morgan fingerprint density at radius 1 is 1.19 bits per heavy atom. The van der Waals surface area contributed by atoms with Gasteiger partial charge in [0.05, 0.1) is 5.02 Å². The second-order valence-electron chi connectivity index (χ2n) is 4.84. The largest absolute Gasteiger partial charge is 1.00 e. The van der Waals surface area contributed by atoms with Crippen LogP contribution < -0.4 is 28.5 Å². The minimum absolute atomic E-state index is 0. The SMILES string of the molecule is COP(=O)([O-])C(OC(=O)COc1ccc(Cl)cc1Cl)c1ccccc1.[Li+]. The minimum Gasteiger partial charge on any atom is -0.776 e. The van der Waals surface area contributed by atoms with Crippen molar-refractivity contribution in [2.24, 2.45) is 0 Å². The van der Waals surface area contributed by atoms with E-state index in [1.54, 1.807) is 18.2 Å². The van der Waals surface area contributed by atoms with Crippen molar-refractivity contribution in [1.29, 1.82) is 0 Å². The van der Waals surface area contributed by atoms with Gasteiger partial charge in [-0.25, -0.2) is 4.79 Å². The van der Waals surface area contributed by atoms with E-state index >= 15 is 0 Å². The second-order valence-corrected chi connectivity index (χ2v) is 7.60. The average Bonchev–Trinajstić information content (AvgIpc) is 2.59. The summed E-state index contributed by atoms with van der Waals surface area (Å²) in [5.74, 6) is -2.25. The smallest absolute Gasteiger partial charge is 0.776 e. The number of rotatable bonds is 7. The molecular formula is C16H14Cl2LiO6P. The van der Waals surface area contributed by atoms with Crippen LogP contribution in [-0.4, -0.2) is 19.7 Å². The molecule has 0 bridgehead atoms. The summed E-state index contributed by atoms with van der Waals surface area (Å²) in [4.78, 5) is 24.1. The van der Waals surface area contributed by atoms with E-state index in [0.717, 1.165) is 7.11 Å². The Bertz CT molecular complexity index is 790. The number of hydrogen-bond acceptors (Lipinski definition) is 6. The summed E-state index contributed by atoms with van der Waals surface area (Å²) < 4.78 is 26.8. The van der Waals surface area contributed by atoms with Crippen molar-refractivity contribution in [2.75, 3.05) is 13.7 Å². The van der Waals surface area contributed by atoms with E-state index in [1.807, 2.05) is 0 Å². The first-order valence-electron chi connectivity index (χ1n) is 7.02. The van der Waals surface area contributed by atoms with Gasteiger partial charge < -0.3 is 23.5 Å². The van der Waals surface area contributed by atoms with Gasteiger partial charge in [0.1, 0.15) is 5.75 Å². The number of ether oxygens (including phenoxy) is 2. The topological polar surface area (TPSA) is 84.9 Å². The summed E-state index contributed by atoms with van der Waals surface area (Å²) in [6, 6.07) is 12.4. The monoisotopic (exact) mass is 410 g/mol. The van der Waals surface area contributed by atoms with E-state index in [0.29, 0.717) is 5.02 Å². The summed E-state index contributed by atoms with van der Waals surface area (Å²) in [5, 5.41) is 0.628. The normalized spacial score (nSPS) is 13.8. The van der Waals surface area contributed by atoms with Gasteiger partial charge in [-0.1, -0.05) is 53.5 Å². The van der Waals surface area contributed by atoms with Crippen LogP contribution in [0.4, 0.5) is 0 Å². The number of hydrogen-bond donors (Lipinski definition) is 0. The molecule has 26 heavy (non-hydrogen) atoms. The van der Waals surface area contributed by atoms with Gasteiger partial charge >= 0.3 is 24.8 Å². The van der Waals surface area contributed by atoms with Crippen molar-refractivity contribution < 1.29 is 47.1 Å². The molecule has 0 amide bonds. The Morgan fingerprint density at radius 2 is 1.85 bits per heavy atom. The van der Waals surface area contributed by atoms with E-state index in [9.17, 15) is 14.3 Å². The zero-order valence-corrected chi connectivity index (χ0v) is 16.5. The molecule has 10 heteroatoms. The summed E-state index contributed by atoms with van der Waals surface area (Å²) in [6.45, 7) is -0.533. The van der Waals surface area contributed by atoms with Gasteiger partial charge in [-0.3, -0.25) is 0 Å². The van der Waals surface area contributed by atoms with E-state index in [2.05, 4.69) is 4.52 Å². The van der Waals surface area contributed by atoms with Crippen LogP contribution >= 0.6 is 30.8 Å². The van der Waals surface area contributed by atoms with Gasteiger partial charge in [0.15, 0.2) is 20.0 Å². The molecule has 2 rings (SSSR count). The summed E-state index contributed by atoms with van der Waals surface area (Å²) >= 11 is 11.7. The second kappa shape index (κ2) is 10.4. The van der Waals surface area contributed by atoms with E-state index in [-0.39, 0.29) is 35.2 Å². The number of esters is 1. The first-order valence-corrected chi connectivity index (χ1v) is 9.39. The van der Waals surface area contributed by atoms with Crippen molar-refractivity contribution in [3.8, 4) is 5.75 Å². The molecule has 2 atom stereocenters. The Kier molecular flexibility index (Phi) is 9.22. The Labute approximate surface area is 173 Å². The maximum absolute atomic E-state index is 12.1. The molecule has 0 saturated carbocycles. The van der Waals surface area contributed by atoms with E-state index < -0.39 is 26.0 Å². The van der Waals surface area contributed by atoms with Crippen molar-refractivity contribution >= 4 is 36.8 Å². The van der Waals surface area contributed by atoms with Crippen LogP contribution in [0.15, 0.2) is 48.5 Å². The first kappa shape index (κ1) is 23.1. The van der Waals surface area contributed by atoms with Crippen molar-refractivity contribution in [3.05, 3.63) is 64.1 Å². The fourth-order valence-electron chi connectivity index (χ4n) is 1.92. The Balaban J connectivity index is 0.00000338. The fraction of sp³-hybridized carbons (Fsp3) is 0.188. The van der Waals surface area contributed by atoms with Gasteiger partial charge in [-0.15, -0.1) is 0 Å². The number of carbonyl (C=O) groups is 1. The fourth-order valence-corrected chi connectivity index (χ4v) is 3.35. The molecule has 0 spiro atoms. The average molecular weight is 411 g/mol. The third-order valence-electron chi connectivity index (χ3n) is 3.11. The minimum atomic E-state index is -4.46. The molecule has 0 fully saturated rings. The Morgan fingerprint density at radius 3 is 2.42 bits per heavy atom. The standard InChI is InChI=1S/C16H15Cl2O6P.Li/c1-22-25(20,21)16(11-5-3-2-4-6-11)24-15(19)10-23-14-8-7-12(17)9-13(14)18;/h2-9,16H,10H2,1H3,(H,20,21);/q;+1/p-1. The van der Waals surface area contributed by atoms with Crippen molar-refractivity contribution in [2.45, 2.75) is 5.85 Å². The molecule has 134 valence electrons. The van der Waals surface area contributed by atoms with Gasteiger partial charge in [0.2, 0.25) is 0 Å². The quantitative estimate of drug-likeness (QED) is 0.381. The van der Waals surface area contributed by atoms with Crippen LogP contribution in [-0.2, 0) is 18.6 Å². The van der Waals surface area contributed by atoms with Crippen molar-refractivity contribution in [3.63, 3.8) is 0 Å². The molecule has 0 heterocycles. The maximum atomic E-state index is 12.1. The molecule has 0 aliphatic heterocycles. The number of halogens is 2. The van der Waals surface area contributed by atoms with Gasteiger partial charge in [0, 0.05) is 17.7 Å². The third-order valence-corrected chi connectivity index (χ3v) is 5.13. The molecule has 0 saturated heterocycles. The predicted molar refractivity (Wildman–Crippen MR) is 91.8 cm³/mol. The van der Waals surface area contributed by atoms with E-state index in [1.165, 1.54) is 30.3 Å². The van der Waals surface area contributed by atoms with Crippen LogP contribution in [0.3, 0.4) is 0 Å². The van der Waals surface area contributed by atoms with Crippen LogP contribution in [0.1, 0.15) is 11.4 Å². The maximum Gasteiger partial charge on any atom is 1.00 e. The summed E-state index contributed by atoms with van der Waals surface area (Å²) in [7, 11) is -3.46. The summed E-state index contributed by atoms with van der Waals surface area (Å²) in [5.41, 5.74) is 0.264. The number of benzene rings is 2. The van der Waals surface area contributed by atoms with Crippen LogP contribution in [0.25, 0.3) is 0 Å². The molecule has 0 aliphatic rings. The van der Waals surface area contributed by atoms with Gasteiger partial charge in [-0.05, 0) is 18.2 Å². The molecule has 2 aromatic rings. The molecular weight excluding hydrogens is 397 g/mol. The van der Waals surface area contributed by atoms with Crippen LogP contribution in [0.2, 0.25) is 10.0 Å². The molecule has 0 aliphatic carbocycles. The molecule has 2 unspecified atom stereocenters. The molecule has 0 radical (unpaired) electrons.